The Labute approximate surface area is 176 Å². The second-order valence-electron chi connectivity index (χ2n) is 7.92. The molecule has 0 heterocycles. The van der Waals surface area contributed by atoms with Crippen molar-refractivity contribution in [2.24, 2.45) is 0 Å². The average molecular weight is 403 g/mol. The first-order valence-corrected chi connectivity index (χ1v) is 10.4. The van der Waals surface area contributed by atoms with E-state index in [0.29, 0.717) is 5.56 Å². The molecule has 0 unspecified atom stereocenters. The molecule has 2 aliphatic carbocycles. The van der Waals surface area contributed by atoms with Crippen LogP contribution in [0.3, 0.4) is 0 Å². The number of nitrogens with zero attached hydrogens (tertiary/aromatic N) is 1. The van der Waals surface area contributed by atoms with Gasteiger partial charge < -0.3 is 15.4 Å². The summed E-state index contributed by atoms with van der Waals surface area (Å²) in [7, 11) is 1.31. The second kappa shape index (κ2) is 8.58. The number of rotatable bonds is 5. The van der Waals surface area contributed by atoms with Gasteiger partial charge in [-0.15, -0.1) is 0 Å². The molecule has 2 aromatic rings. The van der Waals surface area contributed by atoms with Crippen molar-refractivity contribution in [1.29, 1.82) is 5.26 Å². The molecular weight excluding hydrogens is 378 g/mol. The Morgan fingerprint density at radius 3 is 2.27 bits per heavy atom. The van der Waals surface area contributed by atoms with Gasteiger partial charge in [0.2, 0.25) is 0 Å². The molecule has 6 heteroatoms. The van der Waals surface area contributed by atoms with Crippen LogP contribution < -0.4 is 10.6 Å². The minimum absolute atomic E-state index is 0.288. The van der Waals surface area contributed by atoms with Gasteiger partial charge in [-0.2, -0.15) is 5.26 Å². The molecule has 0 spiro atoms. The molecular formula is C24H25N3O3. The number of ether oxygens (including phenoxy) is 1. The number of urea groups is 1. The van der Waals surface area contributed by atoms with Gasteiger partial charge in [0.1, 0.15) is 6.04 Å². The fourth-order valence-electron chi connectivity index (χ4n) is 4.56. The minimum Gasteiger partial charge on any atom is -0.467 e. The van der Waals surface area contributed by atoms with Gasteiger partial charge in [0.15, 0.2) is 0 Å². The smallest absolute Gasteiger partial charge is 0.328 e. The molecule has 4 rings (SSSR count). The quantitative estimate of drug-likeness (QED) is 0.748. The zero-order valence-electron chi connectivity index (χ0n) is 17.1. The molecule has 154 valence electrons. The van der Waals surface area contributed by atoms with Gasteiger partial charge >= 0.3 is 12.0 Å². The van der Waals surface area contributed by atoms with Crippen LogP contribution in [0.1, 0.15) is 46.2 Å². The van der Waals surface area contributed by atoms with E-state index in [1.165, 1.54) is 29.4 Å². The standard InChI is InChI=1S/C24H25N3O3/c1-30-23(28)21(12-15-8-10-16(14-25)11-9-15)26-24(29)27-22-19-6-2-4-17(19)13-18-5-3-7-20(18)22/h8-11,13,21H,2-7,12H2,1H3,(H2,26,27,29)/t21-/m1/s1. The lowest BCUT2D eigenvalue weighted by Gasteiger charge is -2.20. The van der Waals surface area contributed by atoms with E-state index < -0.39 is 18.0 Å². The molecule has 2 aliphatic rings. The predicted octanol–water partition coefficient (Wildman–Crippen LogP) is 3.44. The zero-order valence-corrected chi connectivity index (χ0v) is 17.1. The molecule has 2 aromatic carbocycles. The van der Waals surface area contributed by atoms with Crippen LogP contribution in [0.4, 0.5) is 10.5 Å². The topological polar surface area (TPSA) is 91.2 Å². The third kappa shape index (κ3) is 4.02. The lowest BCUT2D eigenvalue weighted by atomic mass is 9.99. The van der Waals surface area contributed by atoms with Crippen LogP contribution in [0.2, 0.25) is 0 Å². The number of nitriles is 1. The molecule has 0 saturated heterocycles. The van der Waals surface area contributed by atoms with Crippen LogP contribution in [-0.2, 0) is 41.6 Å². The maximum absolute atomic E-state index is 12.9. The van der Waals surface area contributed by atoms with Crippen molar-refractivity contribution in [2.75, 3.05) is 12.4 Å². The van der Waals surface area contributed by atoms with Gasteiger partial charge in [-0.1, -0.05) is 18.2 Å². The number of nitrogens with one attached hydrogen (secondary N) is 2. The van der Waals surface area contributed by atoms with E-state index in [0.717, 1.165) is 49.8 Å². The monoisotopic (exact) mass is 403 g/mol. The summed E-state index contributed by atoms with van der Waals surface area (Å²) in [6.45, 7) is 0. The van der Waals surface area contributed by atoms with Crippen LogP contribution >= 0.6 is 0 Å². The normalized spacial score (nSPS) is 14.9. The van der Waals surface area contributed by atoms with Crippen LogP contribution in [0.15, 0.2) is 30.3 Å². The van der Waals surface area contributed by atoms with Gasteiger partial charge in [0.25, 0.3) is 0 Å². The van der Waals surface area contributed by atoms with E-state index in [1.807, 2.05) is 0 Å². The van der Waals surface area contributed by atoms with E-state index in [1.54, 1.807) is 24.3 Å². The van der Waals surface area contributed by atoms with E-state index in [9.17, 15) is 9.59 Å². The first kappa shape index (κ1) is 20.0. The highest BCUT2D eigenvalue weighted by Crippen LogP contribution is 2.38. The Bertz CT molecular complexity index is 989. The summed E-state index contributed by atoms with van der Waals surface area (Å²) in [5, 5.41) is 14.8. The number of hydrogen-bond donors (Lipinski definition) is 2. The molecule has 2 N–H and O–H groups in total. The molecule has 0 bridgehead atoms. The first-order valence-electron chi connectivity index (χ1n) is 10.4. The van der Waals surface area contributed by atoms with E-state index in [4.69, 9.17) is 10.00 Å². The molecule has 30 heavy (non-hydrogen) atoms. The van der Waals surface area contributed by atoms with Crippen molar-refractivity contribution in [3.05, 3.63) is 63.7 Å². The SMILES string of the molecule is COC(=O)[C@@H](Cc1ccc(C#N)cc1)NC(=O)Nc1c2c(cc3c1CCC3)CCC2. The van der Waals surface area contributed by atoms with Crippen LogP contribution in [0.5, 0.6) is 0 Å². The number of aryl methyl sites for hydroxylation is 2. The first-order chi connectivity index (χ1) is 14.6. The summed E-state index contributed by atoms with van der Waals surface area (Å²) in [6.07, 6.45) is 6.57. The lowest BCUT2D eigenvalue weighted by molar-refractivity contribution is -0.142. The number of amides is 2. The largest absolute Gasteiger partial charge is 0.467 e. The van der Waals surface area contributed by atoms with Crippen molar-refractivity contribution in [1.82, 2.24) is 5.32 Å². The number of carbonyl (C=O) groups is 2. The average Bonchev–Trinajstić information content (AvgIpc) is 3.42. The molecule has 1 atom stereocenters. The summed E-state index contributed by atoms with van der Waals surface area (Å²) in [4.78, 5) is 25.1. The Kier molecular flexibility index (Phi) is 5.71. The fourth-order valence-corrected chi connectivity index (χ4v) is 4.56. The molecule has 0 radical (unpaired) electrons. The van der Waals surface area contributed by atoms with Gasteiger partial charge in [-0.25, -0.2) is 9.59 Å². The maximum Gasteiger partial charge on any atom is 0.328 e. The van der Waals surface area contributed by atoms with E-state index >= 15 is 0 Å². The summed E-state index contributed by atoms with van der Waals surface area (Å²) < 4.78 is 4.89. The Balaban J connectivity index is 1.51. The van der Waals surface area contributed by atoms with E-state index in [2.05, 4.69) is 22.8 Å². The minimum atomic E-state index is -0.812. The second-order valence-corrected chi connectivity index (χ2v) is 7.92. The lowest BCUT2D eigenvalue weighted by Crippen LogP contribution is -2.45. The zero-order chi connectivity index (χ0) is 21.1. The Morgan fingerprint density at radius 1 is 1.07 bits per heavy atom. The van der Waals surface area contributed by atoms with Crippen molar-refractivity contribution < 1.29 is 14.3 Å². The van der Waals surface area contributed by atoms with Gasteiger partial charge in [0.05, 0.1) is 18.7 Å². The van der Waals surface area contributed by atoms with Gasteiger partial charge in [-0.05, 0) is 78.5 Å². The molecule has 6 nitrogen and oxygen atoms in total. The number of methoxy groups -OCH3 is 1. The maximum atomic E-state index is 12.9. The Morgan fingerprint density at radius 2 is 1.70 bits per heavy atom. The molecule has 0 aliphatic heterocycles. The van der Waals surface area contributed by atoms with Crippen molar-refractivity contribution >= 4 is 17.7 Å². The van der Waals surface area contributed by atoms with Crippen LogP contribution in [-0.4, -0.2) is 25.2 Å². The number of carbonyl (C=O) groups excluding carboxylic acids is 2. The van der Waals surface area contributed by atoms with Crippen LogP contribution in [0, 0.1) is 11.3 Å². The summed E-state index contributed by atoms with van der Waals surface area (Å²) >= 11 is 0. The van der Waals surface area contributed by atoms with Crippen molar-refractivity contribution in [3.8, 4) is 6.07 Å². The highest BCUT2D eigenvalue weighted by atomic mass is 16.5. The number of fused-ring (bicyclic) bond motifs is 2. The van der Waals surface area contributed by atoms with Crippen LogP contribution in [0.25, 0.3) is 0 Å². The third-order valence-electron chi connectivity index (χ3n) is 6.03. The molecule has 2 amide bonds. The Hall–Kier alpha value is -3.33. The number of hydrogen-bond acceptors (Lipinski definition) is 4. The third-order valence-corrected chi connectivity index (χ3v) is 6.03. The van der Waals surface area contributed by atoms with Gasteiger partial charge in [-0.3, -0.25) is 0 Å². The highest BCUT2D eigenvalue weighted by molar-refractivity contribution is 5.94. The summed E-state index contributed by atoms with van der Waals surface area (Å²) in [6, 6.07) is 10.1. The van der Waals surface area contributed by atoms with Crippen molar-refractivity contribution in [3.63, 3.8) is 0 Å². The number of esters is 1. The molecule has 0 aromatic heterocycles. The highest BCUT2D eigenvalue weighted by Gasteiger charge is 2.27. The number of benzene rings is 2. The fraction of sp³-hybridized carbons (Fsp3) is 0.375. The summed E-state index contributed by atoms with van der Waals surface area (Å²) in [5.74, 6) is -0.502. The van der Waals surface area contributed by atoms with Crippen molar-refractivity contribution in [2.45, 2.75) is 51.0 Å². The molecule has 0 saturated carbocycles. The predicted molar refractivity (Wildman–Crippen MR) is 113 cm³/mol. The van der Waals surface area contributed by atoms with Gasteiger partial charge in [0, 0.05) is 12.1 Å². The molecule has 0 fully saturated rings. The number of anilines is 1. The summed E-state index contributed by atoms with van der Waals surface area (Å²) in [5.41, 5.74) is 7.50. The van der Waals surface area contributed by atoms with E-state index in [-0.39, 0.29) is 6.42 Å².